The minimum atomic E-state index is -0.0920. The maximum Gasteiger partial charge on any atom is 0.266 e. The first-order valence-corrected chi connectivity index (χ1v) is 9.49. The molecule has 0 unspecified atom stereocenters. The fourth-order valence-corrected chi connectivity index (χ4v) is 3.19. The molecule has 0 aliphatic rings. The van der Waals surface area contributed by atoms with Crippen LogP contribution in [0.25, 0.3) is 28.7 Å². The van der Waals surface area contributed by atoms with E-state index in [1.54, 1.807) is 17.0 Å². The Labute approximate surface area is 169 Å². The molecule has 0 aliphatic carbocycles. The van der Waals surface area contributed by atoms with E-state index in [4.69, 9.17) is 4.98 Å². The fraction of sp³-hybridized carbons (Fsp3) is 0.167. The second-order valence-electron chi connectivity index (χ2n) is 7.93. The van der Waals surface area contributed by atoms with Gasteiger partial charge in [0.05, 0.1) is 16.6 Å². The minimum Gasteiger partial charge on any atom is -0.268 e. The van der Waals surface area contributed by atoms with Crippen molar-refractivity contribution in [2.24, 2.45) is 0 Å². The van der Waals surface area contributed by atoms with E-state index >= 15 is 0 Å². The van der Waals surface area contributed by atoms with E-state index in [2.05, 4.69) is 42.9 Å². The Balaban J connectivity index is 1.96. The lowest BCUT2D eigenvalue weighted by Crippen LogP contribution is -2.23. The van der Waals surface area contributed by atoms with Gasteiger partial charge < -0.3 is 0 Å². The Bertz CT molecular complexity index is 1250. The van der Waals surface area contributed by atoms with Gasteiger partial charge in [0.1, 0.15) is 12.2 Å². The lowest BCUT2D eigenvalue weighted by atomic mass is 9.87. The summed E-state index contributed by atoms with van der Waals surface area (Å²) in [5.74, 6) is 0.559. The summed E-state index contributed by atoms with van der Waals surface area (Å²) in [6.45, 7) is 6.47. The predicted molar refractivity (Wildman–Crippen MR) is 117 cm³/mol. The number of fused-ring (bicyclic) bond motifs is 1. The third-order valence-corrected chi connectivity index (χ3v) is 4.78. The van der Waals surface area contributed by atoms with Crippen molar-refractivity contribution in [3.8, 4) is 5.69 Å². The Hall–Kier alpha value is -3.60. The predicted octanol–water partition coefficient (Wildman–Crippen LogP) is 4.64. The average Bonchev–Trinajstić information content (AvgIpc) is 2.72. The van der Waals surface area contributed by atoms with Crippen molar-refractivity contribution in [2.75, 3.05) is 0 Å². The van der Waals surface area contributed by atoms with Crippen LogP contribution in [0, 0.1) is 0 Å². The molecule has 0 saturated carbocycles. The number of nitrogens with zero attached hydrogens (tertiary/aromatic N) is 4. The molecule has 0 bridgehead atoms. The van der Waals surface area contributed by atoms with Gasteiger partial charge in [0.2, 0.25) is 0 Å². The van der Waals surface area contributed by atoms with Gasteiger partial charge in [-0.1, -0.05) is 45.0 Å². The van der Waals surface area contributed by atoms with E-state index < -0.39 is 0 Å². The van der Waals surface area contributed by atoms with Gasteiger partial charge in [0.15, 0.2) is 0 Å². The molecule has 2 aromatic carbocycles. The molecule has 5 nitrogen and oxygen atoms in total. The van der Waals surface area contributed by atoms with Crippen LogP contribution >= 0.6 is 0 Å². The third-order valence-electron chi connectivity index (χ3n) is 4.78. The van der Waals surface area contributed by atoms with Crippen LogP contribution in [0.3, 0.4) is 0 Å². The number of rotatable bonds is 3. The maximum absolute atomic E-state index is 13.4. The second-order valence-corrected chi connectivity index (χ2v) is 7.93. The largest absolute Gasteiger partial charge is 0.268 e. The van der Waals surface area contributed by atoms with Crippen molar-refractivity contribution in [1.29, 1.82) is 0 Å². The van der Waals surface area contributed by atoms with Crippen LogP contribution < -0.4 is 5.56 Å². The van der Waals surface area contributed by atoms with E-state index in [0.29, 0.717) is 16.7 Å². The molecule has 4 aromatic rings. The highest BCUT2D eigenvalue weighted by Gasteiger charge is 2.16. The molecule has 0 aliphatic heterocycles. The SMILES string of the molecule is CC(C)(C)c1cccc(-n2c(/C=C/c3cncnc3)nc3ccccc3c2=O)c1. The molecular formula is C24H22N4O. The zero-order chi connectivity index (χ0) is 20.4. The topological polar surface area (TPSA) is 60.7 Å². The Kier molecular flexibility index (Phi) is 4.80. The molecule has 0 N–H and O–H groups in total. The number of hydrogen-bond acceptors (Lipinski definition) is 4. The first kappa shape index (κ1) is 18.7. The molecule has 0 spiro atoms. The van der Waals surface area contributed by atoms with Crippen LogP contribution in [0.4, 0.5) is 0 Å². The first-order valence-electron chi connectivity index (χ1n) is 9.49. The minimum absolute atomic E-state index is 0.0265. The molecule has 4 rings (SSSR count). The standard InChI is InChI=1S/C24H22N4O/c1-24(2,3)18-7-6-8-19(13-18)28-22(12-11-17-14-25-16-26-15-17)27-21-10-5-4-9-20(21)23(28)29/h4-16H,1-3H3/b12-11+. The lowest BCUT2D eigenvalue weighted by molar-refractivity contribution is 0.589. The van der Waals surface area contributed by atoms with Crippen LogP contribution in [0.15, 0.2) is 72.0 Å². The summed E-state index contributed by atoms with van der Waals surface area (Å²) in [5, 5.41) is 0.592. The Morgan fingerprint density at radius 1 is 0.931 bits per heavy atom. The maximum atomic E-state index is 13.4. The van der Waals surface area contributed by atoms with Crippen molar-refractivity contribution >= 4 is 23.1 Å². The second kappa shape index (κ2) is 7.43. The highest BCUT2D eigenvalue weighted by Crippen LogP contribution is 2.24. The first-order chi connectivity index (χ1) is 13.9. The number of hydrogen-bond donors (Lipinski definition) is 0. The monoisotopic (exact) mass is 382 g/mol. The summed E-state index contributed by atoms with van der Waals surface area (Å²) in [5.41, 5.74) is 3.34. The van der Waals surface area contributed by atoms with E-state index in [0.717, 1.165) is 16.8 Å². The van der Waals surface area contributed by atoms with Gasteiger partial charge in [-0.2, -0.15) is 0 Å². The van der Waals surface area contributed by atoms with Gasteiger partial charge in [-0.15, -0.1) is 0 Å². The van der Waals surface area contributed by atoms with Crippen molar-refractivity contribution < 1.29 is 0 Å². The average molecular weight is 382 g/mol. The van der Waals surface area contributed by atoms with Crippen LogP contribution in [0.5, 0.6) is 0 Å². The summed E-state index contributed by atoms with van der Waals surface area (Å²) in [7, 11) is 0. The zero-order valence-corrected chi connectivity index (χ0v) is 16.7. The van der Waals surface area contributed by atoms with Gasteiger partial charge >= 0.3 is 0 Å². The third kappa shape index (κ3) is 3.85. The normalized spacial score (nSPS) is 12.0. The summed E-state index contributed by atoms with van der Waals surface area (Å²) in [6, 6.07) is 15.5. The molecule has 0 amide bonds. The Morgan fingerprint density at radius 2 is 1.69 bits per heavy atom. The molecule has 5 heteroatoms. The van der Waals surface area contributed by atoms with E-state index in [9.17, 15) is 4.79 Å². The van der Waals surface area contributed by atoms with Crippen molar-refractivity contribution in [2.45, 2.75) is 26.2 Å². The highest BCUT2D eigenvalue weighted by atomic mass is 16.1. The quantitative estimate of drug-likeness (QED) is 0.518. The van der Waals surface area contributed by atoms with Crippen LogP contribution in [-0.2, 0) is 5.41 Å². The molecule has 144 valence electrons. The molecular weight excluding hydrogens is 360 g/mol. The number of benzene rings is 2. The highest BCUT2D eigenvalue weighted by molar-refractivity contribution is 5.80. The lowest BCUT2D eigenvalue weighted by Gasteiger charge is -2.20. The summed E-state index contributed by atoms with van der Waals surface area (Å²) in [6.07, 6.45) is 8.61. The van der Waals surface area contributed by atoms with Gasteiger partial charge in [-0.25, -0.2) is 15.0 Å². The Morgan fingerprint density at radius 3 is 2.45 bits per heavy atom. The zero-order valence-electron chi connectivity index (χ0n) is 16.7. The van der Waals surface area contributed by atoms with E-state index in [1.807, 2.05) is 48.6 Å². The fourth-order valence-electron chi connectivity index (χ4n) is 3.19. The molecule has 0 fully saturated rings. The molecule has 2 aromatic heterocycles. The van der Waals surface area contributed by atoms with Gasteiger partial charge in [-0.05, 0) is 47.4 Å². The molecule has 0 saturated heterocycles. The van der Waals surface area contributed by atoms with Crippen LogP contribution in [0.2, 0.25) is 0 Å². The van der Waals surface area contributed by atoms with E-state index in [-0.39, 0.29) is 11.0 Å². The van der Waals surface area contributed by atoms with Crippen molar-refractivity contribution in [1.82, 2.24) is 19.5 Å². The van der Waals surface area contributed by atoms with Crippen molar-refractivity contribution in [3.05, 3.63) is 94.6 Å². The molecule has 2 heterocycles. The molecule has 29 heavy (non-hydrogen) atoms. The van der Waals surface area contributed by atoms with Crippen LogP contribution in [0.1, 0.15) is 37.7 Å². The van der Waals surface area contributed by atoms with Gasteiger partial charge in [0.25, 0.3) is 5.56 Å². The van der Waals surface area contributed by atoms with E-state index in [1.165, 1.54) is 6.33 Å². The summed E-state index contributed by atoms with van der Waals surface area (Å²) in [4.78, 5) is 26.2. The molecule has 0 radical (unpaired) electrons. The number of aromatic nitrogens is 4. The summed E-state index contributed by atoms with van der Waals surface area (Å²) >= 11 is 0. The van der Waals surface area contributed by atoms with Crippen LogP contribution in [-0.4, -0.2) is 19.5 Å². The molecule has 0 atom stereocenters. The summed E-state index contributed by atoms with van der Waals surface area (Å²) < 4.78 is 1.66. The van der Waals surface area contributed by atoms with Gasteiger partial charge in [0, 0.05) is 18.0 Å². The number of para-hydroxylation sites is 1. The van der Waals surface area contributed by atoms with Crippen molar-refractivity contribution in [3.63, 3.8) is 0 Å². The van der Waals surface area contributed by atoms with Gasteiger partial charge in [-0.3, -0.25) is 9.36 Å². The smallest absolute Gasteiger partial charge is 0.266 e.